The molecule has 1 saturated heterocycles. The van der Waals surface area contributed by atoms with E-state index in [4.69, 9.17) is 0 Å². The van der Waals surface area contributed by atoms with Crippen LogP contribution >= 0.6 is 0 Å². The van der Waals surface area contributed by atoms with Gasteiger partial charge in [0.2, 0.25) is 0 Å². The minimum atomic E-state index is -0.708. The lowest BCUT2D eigenvalue weighted by molar-refractivity contribution is -0.155. The standard InChI is InChI=1S/C18H25NO2/c1-18(17(20)21)12-6-7-13-19(18)16-11-5-3-9-14-8-2-4-10-15(14)16/h2,4,8,10,16H,3,5-7,9,11-13H2,1H3,(H,20,21). The summed E-state index contributed by atoms with van der Waals surface area (Å²) < 4.78 is 0. The van der Waals surface area contributed by atoms with Gasteiger partial charge in [0.05, 0.1) is 0 Å². The number of carboxylic acids is 1. The van der Waals surface area contributed by atoms with Gasteiger partial charge in [-0.3, -0.25) is 9.69 Å². The number of likely N-dealkylation sites (tertiary alicyclic amines) is 1. The number of carbonyl (C=O) groups is 1. The second-order valence-electron chi connectivity index (χ2n) is 6.69. The van der Waals surface area contributed by atoms with Crippen molar-refractivity contribution in [2.45, 2.75) is 63.5 Å². The van der Waals surface area contributed by atoms with Gasteiger partial charge in [0.15, 0.2) is 0 Å². The van der Waals surface area contributed by atoms with Crippen LogP contribution in [0.1, 0.15) is 62.6 Å². The van der Waals surface area contributed by atoms with Gasteiger partial charge in [-0.25, -0.2) is 0 Å². The van der Waals surface area contributed by atoms with Crippen molar-refractivity contribution >= 4 is 5.97 Å². The highest BCUT2D eigenvalue weighted by molar-refractivity contribution is 5.78. The smallest absolute Gasteiger partial charge is 0.323 e. The third kappa shape index (κ3) is 2.59. The van der Waals surface area contributed by atoms with E-state index in [0.29, 0.717) is 0 Å². The van der Waals surface area contributed by atoms with E-state index in [-0.39, 0.29) is 6.04 Å². The van der Waals surface area contributed by atoms with Crippen molar-refractivity contribution in [3.8, 4) is 0 Å². The molecule has 2 aliphatic rings. The molecule has 1 aromatic rings. The Labute approximate surface area is 127 Å². The molecule has 0 saturated carbocycles. The zero-order valence-corrected chi connectivity index (χ0v) is 12.8. The Hall–Kier alpha value is -1.35. The van der Waals surface area contributed by atoms with Crippen molar-refractivity contribution in [3.63, 3.8) is 0 Å². The highest BCUT2D eigenvalue weighted by Gasteiger charge is 2.45. The average molecular weight is 287 g/mol. The molecule has 3 nitrogen and oxygen atoms in total. The van der Waals surface area contributed by atoms with Crippen LogP contribution in [-0.4, -0.2) is 28.1 Å². The van der Waals surface area contributed by atoms with E-state index >= 15 is 0 Å². The lowest BCUT2D eigenvalue weighted by atomic mass is 9.84. The quantitative estimate of drug-likeness (QED) is 0.841. The van der Waals surface area contributed by atoms with Crippen molar-refractivity contribution in [2.24, 2.45) is 0 Å². The zero-order chi connectivity index (χ0) is 14.9. The molecule has 1 heterocycles. The first-order chi connectivity index (χ1) is 10.1. The van der Waals surface area contributed by atoms with Gasteiger partial charge in [0.1, 0.15) is 5.54 Å². The van der Waals surface area contributed by atoms with Gasteiger partial charge in [-0.15, -0.1) is 0 Å². The molecular weight excluding hydrogens is 262 g/mol. The number of hydrogen-bond acceptors (Lipinski definition) is 2. The highest BCUT2D eigenvalue weighted by Crippen LogP contribution is 2.41. The molecule has 1 aliphatic heterocycles. The fraction of sp³-hybridized carbons (Fsp3) is 0.611. The number of nitrogens with zero attached hydrogens (tertiary/aromatic N) is 1. The number of hydrogen-bond donors (Lipinski definition) is 1. The Bertz CT molecular complexity index is 528. The van der Waals surface area contributed by atoms with E-state index in [1.165, 1.54) is 24.0 Å². The van der Waals surface area contributed by atoms with Crippen LogP contribution in [0.25, 0.3) is 0 Å². The van der Waals surface area contributed by atoms with Crippen molar-refractivity contribution in [1.29, 1.82) is 0 Å². The fourth-order valence-electron chi connectivity index (χ4n) is 4.09. The number of aryl methyl sites for hydroxylation is 1. The maximum Gasteiger partial charge on any atom is 0.323 e. The molecule has 0 bridgehead atoms. The zero-order valence-electron chi connectivity index (χ0n) is 12.8. The minimum Gasteiger partial charge on any atom is -0.480 e. The van der Waals surface area contributed by atoms with Gasteiger partial charge < -0.3 is 5.11 Å². The van der Waals surface area contributed by atoms with E-state index in [9.17, 15) is 9.90 Å². The topological polar surface area (TPSA) is 40.5 Å². The lowest BCUT2D eigenvalue weighted by Crippen LogP contribution is -2.56. The second-order valence-corrected chi connectivity index (χ2v) is 6.69. The van der Waals surface area contributed by atoms with Crippen LogP contribution in [-0.2, 0) is 11.2 Å². The lowest BCUT2D eigenvalue weighted by Gasteiger charge is -2.46. The summed E-state index contributed by atoms with van der Waals surface area (Å²) in [5.74, 6) is -0.663. The molecule has 1 N–H and O–H groups in total. The van der Waals surface area contributed by atoms with E-state index in [1.54, 1.807) is 0 Å². The normalized spacial score (nSPS) is 30.4. The van der Waals surface area contributed by atoms with E-state index in [0.717, 1.165) is 38.6 Å². The summed E-state index contributed by atoms with van der Waals surface area (Å²) in [4.78, 5) is 14.2. The van der Waals surface area contributed by atoms with Crippen LogP contribution in [0.5, 0.6) is 0 Å². The first-order valence-corrected chi connectivity index (χ1v) is 8.21. The summed E-state index contributed by atoms with van der Waals surface area (Å²) >= 11 is 0. The molecule has 0 spiro atoms. The van der Waals surface area contributed by atoms with Gasteiger partial charge in [0.25, 0.3) is 0 Å². The SMILES string of the molecule is CC1(C(=O)O)CCCCN1C1CCCCc2ccccc21. The summed E-state index contributed by atoms with van der Waals surface area (Å²) in [5, 5.41) is 9.78. The number of piperidine rings is 1. The van der Waals surface area contributed by atoms with Crippen molar-refractivity contribution in [1.82, 2.24) is 4.90 Å². The van der Waals surface area contributed by atoms with Crippen LogP contribution in [0.2, 0.25) is 0 Å². The first kappa shape index (κ1) is 14.6. The molecule has 0 radical (unpaired) electrons. The minimum absolute atomic E-state index is 0.269. The summed E-state index contributed by atoms with van der Waals surface area (Å²) in [7, 11) is 0. The van der Waals surface area contributed by atoms with Gasteiger partial charge in [-0.05, 0) is 63.1 Å². The maximum atomic E-state index is 11.9. The average Bonchev–Trinajstić information content (AvgIpc) is 2.70. The third-order valence-electron chi connectivity index (χ3n) is 5.37. The maximum absolute atomic E-state index is 11.9. The van der Waals surface area contributed by atoms with Crippen molar-refractivity contribution in [3.05, 3.63) is 35.4 Å². The van der Waals surface area contributed by atoms with Gasteiger partial charge >= 0.3 is 5.97 Å². The monoisotopic (exact) mass is 287 g/mol. The van der Waals surface area contributed by atoms with Crippen LogP contribution in [0, 0.1) is 0 Å². The Kier molecular flexibility index (Phi) is 4.03. The van der Waals surface area contributed by atoms with Crippen LogP contribution in [0.3, 0.4) is 0 Å². The largest absolute Gasteiger partial charge is 0.480 e. The molecule has 2 atom stereocenters. The number of fused-ring (bicyclic) bond motifs is 1. The third-order valence-corrected chi connectivity index (χ3v) is 5.37. The molecule has 0 aromatic heterocycles. The van der Waals surface area contributed by atoms with Crippen molar-refractivity contribution in [2.75, 3.05) is 6.54 Å². The fourth-order valence-corrected chi connectivity index (χ4v) is 4.09. The van der Waals surface area contributed by atoms with Crippen LogP contribution < -0.4 is 0 Å². The number of carboxylic acid groups (broad SMARTS) is 1. The van der Waals surface area contributed by atoms with E-state index < -0.39 is 11.5 Å². The molecule has 3 heteroatoms. The van der Waals surface area contributed by atoms with Gasteiger partial charge in [0, 0.05) is 6.04 Å². The van der Waals surface area contributed by atoms with Gasteiger partial charge in [-0.2, -0.15) is 0 Å². The molecule has 2 unspecified atom stereocenters. The number of aliphatic carboxylic acids is 1. The molecule has 114 valence electrons. The molecule has 1 fully saturated rings. The first-order valence-electron chi connectivity index (χ1n) is 8.21. The van der Waals surface area contributed by atoms with Gasteiger partial charge in [-0.1, -0.05) is 30.7 Å². The van der Waals surface area contributed by atoms with Crippen LogP contribution in [0.4, 0.5) is 0 Å². The molecular formula is C18H25NO2. The molecule has 0 amide bonds. The summed E-state index contributed by atoms with van der Waals surface area (Å²) in [6, 6.07) is 8.90. The second kappa shape index (κ2) is 5.80. The summed E-state index contributed by atoms with van der Waals surface area (Å²) in [5.41, 5.74) is 2.07. The molecule has 1 aliphatic carbocycles. The van der Waals surface area contributed by atoms with Crippen LogP contribution in [0.15, 0.2) is 24.3 Å². The Morgan fingerprint density at radius 2 is 2.05 bits per heavy atom. The summed E-state index contributed by atoms with van der Waals surface area (Å²) in [6.45, 7) is 2.82. The predicted octanol–water partition coefficient (Wildman–Crippen LogP) is 3.78. The van der Waals surface area contributed by atoms with Crippen molar-refractivity contribution < 1.29 is 9.90 Å². The molecule has 3 rings (SSSR count). The molecule has 21 heavy (non-hydrogen) atoms. The van der Waals surface area contributed by atoms with E-state index in [2.05, 4.69) is 29.2 Å². The highest BCUT2D eigenvalue weighted by atomic mass is 16.4. The molecule has 1 aromatic carbocycles. The summed E-state index contributed by atoms with van der Waals surface area (Å²) in [6.07, 6.45) is 7.51. The Morgan fingerprint density at radius 3 is 2.86 bits per heavy atom. The predicted molar refractivity (Wildman–Crippen MR) is 83.3 cm³/mol. The Balaban J connectivity index is 1.99. The number of rotatable bonds is 2. The Morgan fingerprint density at radius 1 is 1.24 bits per heavy atom. The van der Waals surface area contributed by atoms with E-state index in [1.807, 2.05) is 6.92 Å². The number of benzene rings is 1.